The molecule has 1 aromatic heterocycles. The standard InChI is InChI=1S/C27H29ClFN3O2/c1-3-4-9-26(33)30-14-16-31(17-15-30)27(34)22-18-25(20-10-12-21(28)13-11-20)32(19(22)2)24-8-6-5-7-23(24)29/h5-8,10-13,18H,3-4,9,14-17H2,1-2H3. The molecule has 1 fully saturated rings. The molecule has 4 rings (SSSR count). The molecule has 1 aliphatic heterocycles. The first-order chi connectivity index (χ1) is 16.4. The van der Waals surface area contributed by atoms with E-state index in [1.807, 2.05) is 30.0 Å². The van der Waals surface area contributed by atoms with Gasteiger partial charge in [0, 0.05) is 43.3 Å². The Morgan fingerprint density at radius 2 is 1.62 bits per heavy atom. The fourth-order valence-corrected chi connectivity index (χ4v) is 4.54. The number of carbonyl (C=O) groups is 2. The van der Waals surface area contributed by atoms with Gasteiger partial charge in [0.1, 0.15) is 5.82 Å². The molecule has 2 heterocycles. The van der Waals surface area contributed by atoms with Gasteiger partial charge in [-0.15, -0.1) is 0 Å². The number of piperazine rings is 1. The highest BCUT2D eigenvalue weighted by Crippen LogP contribution is 2.32. The Hall–Kier alpha value is -3.12. The average molecular weight is 482 g/mol. The molecule has 2 aromatic carbocycles. The van der Waals surface area contributed by atoms with Gasteiger partial charge in [0.2, 0.25) is 5.91 Å². The lowest BCUT2D eigenvalue weighted by atomic mass is 10.1. The van der Waals surface area contributed by atoms with Crippen LogP contribution in [0.5, 0.6) is 0 Å². The highest BCUT2D eigenvalue weighted by Gasteiger charge is 2.28. The topological polar surface area (TPSA) is 45.6 Å². The molecule has 1 aliphatic rings. The number of hydrogen-bond acceptors (Lipinski definition) is 2. The van der Waals surface area contributed by atoms with Gasteiger partial charge in [0.25, 0.3) is 5.91 Å². The van der Waals surface area contributed by atoms with Crippen molar-refractivity contribution < 1.29 is 14.0 Å². The Labute approximate surface area is 204 Å². The van der Waals surface area contributed by atoms with Crippen molar-refractivity contribution in [3.05, 3.63) is 76.7 Å². The van der Waals surface area contributed by atoms with Gasteiger partial charge in [0.15, 0.2) is 0 Å². The van der Waals surface area contributed by atoms with Crippen LogP contribution in [-0.2, 0) is 4.79 Å². The van der Waals surface area contributed by atoms with Gasteiger partial charge >= 0.3 is 0 Å². The lowest BCUT2D eigenvalue weighted by molar-refractivity contribution is -0.132. The zero-order chi connectivity index (χ0) is 24.2. The summed E-state index contributed by atoms with van der Waals surface area (Å²) in [4.78, 5) is 29.5. The van der Waals surface area contributed by atoms with Crippen molar-refractivity contribution in [2.75, 3.05) is 26.2 Å². The quantitative estimate of drug-likeness (QED) is 0.452. The van der Waals surface area contributed by atoms with Crippen LogP contribution in [0.3, 0.4) is 0 Å². The molecule has 0 N–H and O–H groups in total. The van der Waals surface area contributed by atoms with Crippen molar-refractivity contribution in [1.29, 1.82) is 0 Å². The average Bonchev–Trinajstić information content (AvgIpc) is 3.19. The summed E-state index contributed by atoms with van der Waals surface area (Å²) in [6.45, 7) is 5.94. The van der Waals surface area contributed by atoms with E-state index in [9.17, 15) is 14.0 Å². The molecule has 34 heavy (non-hydrogen) atoms. The largest absolute Gasteiger partial charge is 0.339 e. The van der Waals surface area contributed by atoms with E-state index in [1.165, 1.54) is 6.07 Å². The van der Waals surface area contributed by atoms with E-state index in [0.29, 0.717) is 54.6 Å². The van der Waals surface area contributed by atoms with E-state index < -0.39 is 0 Å². The van der Waals surface area contributed by atoms with Crippen molar-refractivity contribution in [2.45, 2.75) is 33.1 Å². The van der Waals surface area contributed by atoms with Crippen LogP contribution in [0.15, 0.2) is 54.6 Å². The summed E-state index contributed by atoms with van der Waals surface area (Å²) >= 11 is 6.08. The fourth-order valence-electron chi connectivity index (χ4n) is 4.42. The number of halogens is 2. The summed E-state index contributed by atoms with van der Waals surface area (Å²) in [7, 11) is 0. The highest BCUT2D eigenvalue weighted by molar-refractivity contribution is 6.30. The molecule has 0 unspecified atom stereocenters. The van der Waals surface area contributed by atoms with Crippen LogP contribution < -0.4 is 0 Å². The first-order valence-electron chi connectivity index (χ1n) is 11.7. The summed E-state index contributed by atoms with van der Waals surface area (Å²) in [5.41, 5.74) is 3.13. The second kappa shape index (κ2) is 10.4. The zero-order valence-corrected chi connectivity index (χ0v) is 20.3. The van der Waals surface area contributed by atoms with Gasteiger partial charge in [0.05, 0.1) is 16.9 Å². The minimum absolute atomic E-state index is 0.108. The van der Waals surface area contributed by atoms with Gasteiger partial charge in [-0.05, 0) is 49.2 Å². The lowest BCUT2D eigenvalue weighted by Crippen LogP contribution is -2.50. The zero-order valence-electron chi connectivity index (χ0n) is 19.6. The molecule has 178 valence electrons. The maximum Gasteiger partial charge on any atom is 0.255 e. The lowest BCUT2D eigenvalue weighted by Gasteiger charge is -2.35. The van der Waals surface area contributed by atoms with Crippen LogP contribution in [0.2, 0.25) is 5.02 Å². The highest BCUT2D eigenvalue weighted by atomic mass is 35.5. The Kier molecular flexibility index (Phi) is 7.37. The van der Waals surface area contributed by atoms with Crippen molar-refractivity contribution in [3.63, 3.8) is 0 Å². The summed E-state index contributed by atoms with van der Waals surface area (Å²) in [6.07, 6.45) is 2.42. The van der Waals surface area contributed by atoms with Crippen LogP contribution in [-0.4, -0.2) is 52.4 Å². The van der Waals surface area contributed by atoms with Gasteiger partial charge in [-0.2, -0.15) is 0 Å². The Morgan fingerprint density at radius 3 is 2.26 bits per heavy atom. The number of amides is 2. The van der Waals surface area contributed by atoms with E-state index in [4.69, 9.17) is 11.6 Å². The number of hydrogen-bond donors (Lipinski definition) is 0. The van der Waals surface area contributed by atoms with Crippen molar-refractivity contribution in [3.8, 4) is 16.9 Å². The summed E-state index contributed by atoms with van der Waals surface area (Å²) in [5, 5.41) is 0.604. The summed E-state index contributed by atoms with van der Waals surface area (Å²) in [5.74, 6) is -0.320. The third kappa shape index (κ3) is 4.87. The van der Waals surface area contributed by atoms with Crippen LogP contribution >= 0.6 is 11.6 Å². The number of rotatable bonds is 6. The predicted molar refractivity (Wildman–Crippen MR) is 133 cm³/mol. The molecule has 0 aliphatic carbocycles. The monoisotopic (exact) mass is 481 g/mol. The van der Waals surface area contributed by atoms with E-state index in [0.717, 1.165) is 24.1 Å². The van der Waals surface area contributed by atoms with Crippen LogP contribution in [0.25, 0.3) is 16.9 Å². The second-order valence-corrected chi connectivity index (χ2v) is 9.04. The number of carbonyl (C=O) groups excluding carboxylic acids is 2. The normalized spacial score (nSPS) is 13.9. The Morgan fingerprint density at radius 1 is 0.971 bits per heavy atom. The number of para-hydroxylation sites is 1. The van der Waals surface area contributed by atoms with Crippen LogP contribution in [0.1, 0.15) is 42.2 Å². The first kappa shape index (κ1) is 24.0. The molecule has 0 bridgehead atoms. The second-order valence-electron chi connectivity index (χ2n) is 8.60. The maximum atomic E-state index is 14.8. The van der Waals surface area contributed by atoms with E-state index in [1.54, 1.807) is 39.8 Å². The minimum Gasteiger partial charge on any atom is -0.339 e. The fraction of sp³-hybridized carbons (Fsp3) is 0.333. The number of aromatic nitrogens is 1. The number of benzene rings is 2. The van der Waals surface area contributed by atoms with Crippen molar-refractivity contribution in [1.82, 2.24) is 14.4 Å². The van der Waals surface area contributed by atoms with Gasteiger partial charge in [-0.25, -0.2) is 4.39 Å². The number of unbranched alkanes of at least 4 members (excludes halogenated alkanes) is 1. The van der Waals surface area contributed by atoms with Crippen LogP contribution in [0, 0.1) is 12.7 Å². The SMILES string of the molecule is CCCCC(=O)N1CCN(C(=O)c2cc(-c3ccc(Cl)cc3)n(-c3ccccc3F)c2C)CC1. The summed E-state index contributed by atoms with van der Waals surface area (Å²) in [6, 6.07) is 15.7. The molecule has 2 amide bonds. The Balaban J connectivity index is 1.65. The molecule has 5 nitrogen and oxygen atoms in total. The molecule has 1 saturated heterocycles. The van der Waals surface area contributed by atoms with E-state index in [-0.39, 0.29) is 17.6 Å². The molecule has 0 saturated carbocycles. The third-order valence-electron chi connectivity index (χ3n) is 6.37. The molecular formula is C27H29ClFN3O2. The van der Waals surface area contributed by atoms with Crippen molar-refractivity contribution >= 4 is 23.4 Å². The third-order valence-corrected chi connectivity index (χ3v) is 6.63. The molecule has 7 heteroatoms. The predicted octanol–water partition coefficient (Wildman–Crippen LogP) is 5.72. The maximum absolute atomic E-state index is 14.8. The molecule has 3 aromatic rings. The van der Waals surface area contributed by atoms with Gasteiger partial charge in [-0.3, -0.25) is 9.59 Å². The number of nitrogens with zero attached hydrogens (tertiary/aromatic N) is 3. The Bertz CT molecular complexity index is 1180. The van der Waals surface area contributed by atoms with E-state index in [2.05, 4.69) is 6.92 Å². The molecule has 0 spiro atoms. The molecule has 0 radical (unpaired) electrons. The smallest absolute Gasteiger partial charge is 0.255 e. The minimum atomic E-state index is -0.366. The van der Waals surface area contributed by atoms with Gasteiger partial charge < -0.3 is 14.4 Å². The summed E-state index contributed by atoms with van der Waals surface area (Å²) < 4.78 is 16.6. The van der Waals surface area contributed by atoms with Crippen molar-refractivity contribution in [2.24, 2.45) is 0 Å². The van der Waals surface area contributed by atoms with Crippen LogP contribution in [0.4, 0.5) is 4.39 Å². The van der Waals surface area contributed by atoms with E-state index >= 15 is 0 Å². The molecular weight excluding hydrogens is 453 g/mol. The molecule has 0 atom stereocenters. The van der Waals surface area contributed by atoms with Gasteiger partial charge in [-0.1, -0.05) is 49.2 Å². The first-order valence-corrected chi connectivity index (χ1v) is 12.1.